The van der Waals surface area contributed by atoms with Crippen LogP contribution in [0.5, 0.6) is 5.75 Å². The van der Waals surface area contributed by atoms with Gasteiger partial charge in [-0.15, -0.1) is 0 Å². The summed E-state index contributed by atoms with van der Waals surface area (Å²) in [6.45, 7) is 5.06. The lowest BCUT2D eigenvalue weighted by Crippen LogP contribution is -2.28. The highest BCUT2D eigenvalue weighted by molar-refractivity contribution is 5.98. The predicted molar refractivity (Wildman–Crippen MR) is 83.0 cm³/mol. The van der Waals surface area contributed by atoms with E-state index >= 15 is 0 Å². The zero-order chi connectivity index (χ0) is 15.0. The van der Waals surface area contributed by atoms with E-state index in [4.69, 9.17) is 4.74 Å². The maximum Gasteiger partial charge on any atom is 0.165 e. The third kappa shape index (κ3) is 2.60. The van der Waals surface area contributed by atoms with Crippen molar-refractivity contribution < 1.29 is 9.53 Å². The van der Waals surface area contributed by atoms with Gasteiger partial charge in [0.1, 0.15) is 5.75 Å². The monoisotopic (exact) mass is 283 g/mol. The molecule has 3 heteroatoms. The summed E-state index contributed by atoms with van der Waals surface area (Å²) in [5, 5.41) is 0. The van der Waals surface area contributed by atoms with Crippen LogP contribution >= 0.6 is 0 Å². The zero-order valence-electron chi connectivity index (χ0n) is 12.8. The van der Waals surface area contributed by atoms with Crippen LogP contribution in [0.3, 0.4) is 0 Å². The fourth-order valence-corrected chi connectivity index (χ4v) is 3.17. The average molecular weight is 283 g/mol. The fourth-order valence-electron chi connectivity index (χ4n) is 3.17. The third-order valence-corrected chi connectivity index (χ3v) is 4.20. The van der Waals surface area contributed by atoms with Crippen LogP contribution in [0, 0.1) is 5.41 Å². The van der Waals surface area contributed by atoms with Crippen LogP contribution in [0.25, 0.3) is 0 Å². The second kappa shape index (κ2) is 5.06. The van der Waals surface area contributed by atoms with Gasteiger partial charge in [0, 0.05) is 29.4 Å². The molecule has 1 aliphatic carbocycles. The minimum atomic E-state index is 0.0426. The highest BCUT2D eigenvalue weighted by Crippen LogP contribution is 2.35. The van der Waals surface area contributed by atoms with Crippen molar-refractivity contribution in [1.82, 2.24) is 4.57 Å². The van der Waals surface area contributed by atoms with Crippen molar-refractivity contribution in [3.63, 3.8) is 0 Å². The lowest BCUT2D eigenvalue weighted by molar-refractivity contribution is 0.0910. The molecule has 1 heterocycles. The van der Waals surface area contributed by atoms with E-state index in [1.165, 1.54) is 0 Å². The molecule has 21 heavy (non-hydrogen) atoms. The van der Waals surface area contributed by atoms with Gasteiger partial charge in [-0.2, -0.15) is 0 Å². The molecule has 0 N–H and O–H groups in total. The van der Waals surface area contributed by atoms with Crippen LogP contribution in [0.4, 0.5) is 0 Å². The Kier molecular flexibility index (Phi) is 3.36. The maximum absolute atomic E-state index is 12.3. The molecule has 0 atom stereocenters. The van der Waals surface area contributed by atoms with E-state index < -0.39 is 0 Å². The first-order valence-electron chi connectivity index (χ1n) is 7.33. The minimum Gasteiger partial charge on any atom is -0.496 e. The molecule has 0 spiro atoms. The summed E-state index contributed by atoms with van der Waals surface area (Å²) in [5.74, 6) is 1.15. The number of hydrogen-bond acceptors (Lipinski definition) is 2. The van der Waals surface area contributed by atoms with Crippen LogP contribution in [0.1, 0.15) is 41.9 Å². The Balaban J connectivity index is 1.97. The van der Waals surface area contributed by atoms with Crippen molar-refractivity contribution in [2.75, 3.05) is 7.11 Å². The number of benzene rings is 1. The van der Waals surface area contributed by atoms with Gasteiger partial charge in [0.2, 0.25) is 0 Å². The molecule has 2 aromatic rings. The largest absolute Gasteiger partial charge is 0.496 e. The zero-order valence-corrected chi connectivity index (χ0v) is 12.8. The van der Waals surface area contributed by atoms with Crippen LogP contribution < -0.4 is 4.74 Å². The number of carbonyl (C=O) groups excluding carboxylic acids is 1. The Bertz CT molecular complexity index is 682. The number of aromatic nitrogens is 1. The van der Waals surface area contributed by atoms with E-state index in [1.807, 2.05) is 30.5 Å². The molecule has 0 fully saturated rings. The Morgan fingerprint density at radius 3 is 2.71 bits per heavy atom. The number of methoxy groups -OCH3 is 1. The van der Waals surface area contributed by atoms with Gasteiger partial charge in [-0.05, 0) is 24.0 Å². The lowest BCUT2D eigenvalue weighted by atomic mass is 9.76. The van der Waals surface area contributed by atoms with Crippen LogP contribution in [-0.4, -0.2) is 17.5 Å². The summed E-state index contributed by atoms with van der Waals surface area (Å²) < 4.78 is 7.61. The molecule has 0 amide bonds. The highest BCUT2D eigenvalue weighted by atomic mass is 16.5. The first kappa shape index (κ1) is 13.9. The molecular formula is C18H21NO2. The van der Waals surface area contributed by atoms with E-state index in [0.29, 0.717) is 6.42 Å². The number of carbonyl (C=O) groups is 1. The first-order chi connectivity index (χ1) is 10.00. The smallest absolute Gasteiger partial charge is 0.165 e. The Morgan fingerprint density at radius 2 is 1.95 bits per heavy atom. The Labute approximate surface area is 125 Å². The SMILES string of the molecule is COc1ccccc1Cn1ccc2c1CC(C)(C)CC2=O. The number of Topliss-reactive ketones (excluding diaryl/α,β-unsaturated/α-hetero) is 1. The molecule has 1 aromatic carbocycles. The van der Waals surface area contributed by atoms with Crippen molar-refractivity contribution >= 4 is 5.78 Å². The van der Waals surface area contributed by atoms with Gasteiger partial charge in [-0.1, -0.05) is 32.0 Å². The van der Waals surface area contributed by atoms with E-state index in [1.54, 1.807) is 7.11 Å². The topological polar surface area (TPSA) is 31.2 Å². The molecule has 0 aliphatic heterocycles. The molecule has 0 bridgehead atoms. The molecule has 0 unspecified atom stereocenters. The van der Waals surface area contributed by atoms with Crippen molar-refractivity contribution in [3.8, 4) is 5.75 Å². The van der Waals surface area contributed by atoms with Gasteiger partial charge >= 0.3 is 0 Å². The van der Waals surface area contributed by atoms with Crippen molar-refractivity contribution in [2.45, 2.75) is 33.2 Å². The number of rotatable bonds is 3. The van der Waals surface area contributed by atoms with Crippen molar-refractivity contribution in [2.24, 2.45) is 5.41 Å². The summed E-state index contributed by atoms with van der Waals surface area (Å²) in [7, 11) is 1.69. The lowest BCUT2D eigenvalue weighted by Gasteiger charge is -2.29. The molecule has 3 rings (SSSR count). The van der Waals surface area contributed by atoms with Gasteiger partial charge in [-0.25, -0.2) is 0 Å². The molecular weight excluding hydrogens is 262 g/mol. The second-order valence-electron chi connectivity index (χ2n) is 6.56. The van der Waals surface area contributed by atoms with E-state index in [2.05, 4.69) is 24.5 Å². The predicted octanol–water partition coefficient (Wildman–Crippen LogP) is 3.70. The van der Waals surface area contributed by atoms with E-state index in [0.717, 1.165) is 35.5 Å². The van der Waals surface area contributed by atoms with Gasteiger partial charge in [0.05, 0.1) is 13.7 Å². The van der Waals surface area contributed by atoms with Gasteiger partial charge in [0.15, 0.2) is 5.78 Å². The molecule has 0 saturated carbocycles. The number of fused-ring (bicyclic) bond motifs is 1. The number of nitrogens with zero attached hydrogens (tertiary/aromatic N) is 1. The summed E-state index contributed by atoms with van der Waals surface area (Å²) in [5.41, 5.74) is 3.22. The molecule has 1 aliphatic rings. The molecule has 1 aromatic heterocycles. The van der Waals surface area contributed by atoms with Gasteiger partial charge in [-0.3, -0.25) is 4.79 Å². The quantitative estimate of drug-likeness (QED) is 0.860. The average Bonchev–Trinajstić information content (AvgIpc) is 2.81. The number of ketones is 1. The minimum absolute atomic E-state index is 0.0426. The van der Waals surface area contributed by atoms with Gasteiger partial charge < -0.3 is 9.30 Å². The summed E-state index contributed by atoms with van der Waals surface area (Å²) in [4.78, 5) is 12.3. The second-order valence-corrected chi connectivity index (χ2v) is 6.56. The molecule has 110 valence electrons. The van der Waals surface area contributed by atoms with Crippen LogP contribution in [0.2, 0.25) is 0 Å². The van der Waals surface area contributed by atoms with E-state index in [9.17, 15) is 4.79 Å². The third-order valence-electron chi connectivity index (χ3n) is 4.20. The van der Waals surface area contributed by atoms with Crippen LogP contribution in [0.15, 0.2) is 36.5 Å². The van der Waals surface area contributed by atoms with Crippen molar-refractivity contribution in [1.29, 1.82) is 0 Å². The number of para-hydroxylation sites is 1. The summed E-state index contributed by atoms with van der Waals surface area (Å²) in [6.07, 6.45) is 3.60. The van der Waals surface area contributed by atoms with Gasteiger partial charge in [0.25, 0.3) is 0 Å². The number of ether oxygens (including phenoxy) is 1. The fraction of sp³-hybridized carbons (Fsp3) is 0.389. The molecule has 3 nitrogen and oxygen atoms in total. The van der Waals surface area contributed by atoms with Crippen LogP contribution in [-0.2, 0) is 13.0 Å². The summed E-state index contributed by atoms with van der Waals surface area (Å²) >= 11 is 0. The standard InChI is InChI=1S/C18H21NO2/c1-18(2)10-15-14(16(20)11-18)8-9-19(15)12-13-6-4-5-7-17(13)21-3/h4-9H,10-12H2,1-3H3. The van der Waals surface area contributed by atoms with E-state index in [-0.39, 0.29) is 11.2 Å². The highest BCUT2D eigenvalue weighted by Gasteiger charge is 2.32. The first-order valence-corrected chi connectivity index (χ1v) is 7.33. The Morgan fingerprint density at radius 1 is 1.19 bits per heavy atom. The maximum atomic E-state index is 12.3. The molecule has 0 radical (unpaired) electrons. The molecule has 0 saturated heterocycles. The van der Waals surface area contributed by atoms with Crippen molar-refractivity contribution in [3.05, 3.63) is 53.3 Å². The number of hydrogen-bond donors (Lipinski definition) is 0. The Hall–Kier alpha value is -2.03. The summed E-state index contributed by atoms with van der Waals surface area (Å²) in [6, 6.07) is 9.99. The normalized spacial score (nSPS) is 16.6.